The zero-order chi connectivity index (χ0) is 12.5. The van der Waals surface area contributed by atoms with Crippen LogP contribution < -0.4 is 5.32 Å². The van der Waals surface area contributed by atoms with Crippen LogP contribution in [0.4, 0.5) is 0 Å². The van der Waals surface area contributed by atoms with Gasteiger partial charge < -0.3 is 14.8 Å². The minimum atomic E-state index is 0.261. The fourth-order valence-corrected chi connectivity index (χ4v) is 2.23. The van der Waals surface area contributed by atoms with E-state index in [1.54, 1.807) is 0 Å². The number of nitrogens with one attached hydrogen (secondary N) is 1. The van der Waals surface area contributed by atoms with Crippen LogP contribution in [0.15, 0.2) is 0 Å². The predicted molar refractivity (Wildman–Crippen MR) is 70.4 cm³/mol. The van der Waals surface area contributed by atoms with E-state index in [0.29, 0.717) is 6.04 Å². The van der Waals surface area contributed by atoms with Gasteiger partial charge in [-0.3, -0.25) is 4.90 Å². The van der Waals surface area contributed by atoms with E-state index in [0.717, 1.165) is 39.3 Å². The number of morpholine rings is 1. The molecule has 0 spiro atoms. The average Bonchev–Trinajstić information content (AvgIpc) is 2.35. The van der Waals surface area contributed by atoms with E-state index in [-0.39, 0.29) is 6.10 Å². The van der Waals surface area contributed by atoms with Gasteiger partial charge in [-0.05, 0) is 26.4 Å². The monoisotopic (exact) mass is 244 g/mol. The third-order valence-corrected chi connectivity index (χ3v) is 3.18. The highest BCUT2D eigenvalue weighted by atomic mass is 16.5. The molecule has 1 saturated heterocycles. The third-order valence-electron chi connectivity index (χ3n) is 3.18. The van der Waals surface area contributed by atoms with E-state index in [2.05, 4.69) is 24.1 Å². The quantitative estimate of drug-likeness (QED) is 0.649. The summed E-state index contributed by atoms with van der Waals surface area (Å²) < 4.78 is 11.5. The van der Waals surface area contributed by atoms with E-state index >= 15 is 0 Å². The van der Waals surface area contributed by atoms with Gasteiger partial charge in [0.1, 0.15) is 0 Å². The van der Waals surface area contributed by atoms with Gasteiger partial charge in [0.2, 0.25) is 0 Å². The Hall–Kier alpha value is -0.160. The maximum Gasteiger partial charge on any atom is 0.0877 e. The van der Waals surface area contributed by atoms with E-state index in [1.807, 2.05) is 7.05 Å². The van der Waals surface area contributed by atoms with Crippen LogP contribution in [0.1, 0.15) is 26.7 Å². The fourth-order valence-electron chi connectivity index (χ4n) is 2.23. The Morgan fingerprint density at radius 3 is 2.88 bits per heavy atom. The van der Waals surface area contributed by atoms with Crippen LogP contribution >= 0.6 is 0 Å². The van der Waals surface area contributed by atoms with Crippen LogP contribution in [0.2, 0.25) is 0 Å². The van der Waals surface area contributed by atoms with E-state index < -0.39 is 0 Å². The second-order valence-corrected chi connectivity index (χ2v) is 4.68. The first-order chi connectivity index (χ1) is 8.31. The second-order valence-electron chi connectivity index (χ2n) is 4.68. The summed E-state index contributed by atoms with van der Waals surface area (Å²) in [6.45, 7) is 10.0. The van der Waals surface area contributed by atoms with Gasteiger partial charge in [0.15, 0.2) is 0 Å². The molecule has 1 rings (SSSR count). The van der Waals surface area contributed by atoms with E-state index in [9.17, 15) is 0 Å². The van der Waals surface area contributed by atoms with Crippen molar-refractivity contribution in [3.05, 3.63) is 0 Å². The van der Waals surface area contributed by atoms with Crippen molar-refractivity contribution in [2.75, 3.05) is 46.5 Å². The third kappa shape index (κ3) is 5.34. The number of ether oxygens (including phenoxy) is 2. The lowest BCUT2D eigenvalue weighted by Gasteiger charge is -2.36. The number of hydrogen-bond donors (Lipinski definition) is 1. The van der Waals surface area contributed by atoms with Crippen molar-refractivity contribution in [3.8, 4) is 0 Å². The standard InChI is InChI=1S/C13H28N2O2/c1-4-6-15-7-9-17-13(10-15)12(14-3)11-16-8-5-2/h12-14H,4-11H2,1-3H3. The normalized spacial score (nSPS) is 23.8. The molecule has 2 atom stereocenters. The zero-order valence-electron chi connectivity index (χ0n) is 11.6. The number of likely N-dealkylation sites (N-methyl/N-ethyl adjacent to an activating group) is 1. The van der Waals surface area contributed by atoms with Crippen LogP contribution in [0.25, 0.3) is 0 Å². The number of nitrogens with zero attached hydrogens (tertiary/aromatic N) is 1. The molecule has 1 heterocycles. The van der Waals surface area contributed by atoms with Gasteiger partial charge in [-0.1, -0.05) is 13.8 Å². The van der Waals surface area contributed by atoms with E-state index in [1.165, 1.54) is 13.0 Å². The lowest BCUT2D eigenvalue weighted by atomic mass is 10.1. The van der Waals surface area contributed by atoms with Gasteiger partial charge in [-0.15, -0.1) is 0 Å². The second kappa shape index (κ2) is 8.86. The highest BCUT2D eigenvalue weighted by Crippen LogP contribution is 2.10. The van der Waals surface area contributed by atoms with Gasteiger partial charge in [0.25, 0.3) is 0 Å². The van der Waals surface area contributed by atoms with Crippen molar-refractivity contribution in [3.63, 3.8) is 0 Å². The average molecular weight is 244 g/mol. The highest BCUT2D eigenvalue weighted by Gasteiger charge is 2.26. The Morgan fingerprint density at radius 1 is 1.41 bits per heavy atom. The molecule has 0 amide bonds. The molecule has 1 N–H and O–H groups in total. The first-order valence-electron chi connectivity index (χ1n) is 6.90. The molecule has 102 valence electrons. The van der Waals surface area contributed by atoms with Gasteiger partial charge in [0.05, 0.1) is 25.4 Å². The molecule has 1 aliphatic heterocycles. The molecule has 17 heavy (non-hydrogen) atoms. The Balaban J connectivity index is 2.33. The summed E-state index contributed by atoms with van der Waals surface area (Å²) in [6, 6.07) is 0.307. The van der Waals surface area contributed by atoms with Gasteiger partial charge in [-0.25, -0.2) is 0 Å². The highest BCUT2D eigenvalue weighted by molar-refractivity contribution is 4.82. The largest absolute Gasteiger partial charge is 0.380 e. The minimum absolute atomic E-state index is 0.261. The Labute approximate surface area is 106 Å². The molecule has 1 aliphatic rings. The molecule has 0 aromatic carbocycles. The molecule has 0 aromatic rings. The van der Waals surface area contributed by atoms with Crippen molar-refractivity contribution < 1.29 is 9.47 Å². The van der Waals surface area contributed by atoms with E-state index in [4.69, 9.17) is 9.47 Å². The maximum atomic E-state index is 5.85. The summed E-state index contributed by atoms with van der Waals surface area (Å²) >= 11 is 0. The molecule has 0 aromatic heterocycles. The summed E-state index contributed by atoms with van der Waals surface area (Å²) in [6.07, 6.45) is 2.55. The van der Waals surface area contributed by atoms with Gasteiger partial charge in [-0.2, -0.15) is 0 Å². The Morgan fingerprint density at radius 2 is 2.24 bits per heavy atom. The van der Waals surface area contributed by atoms with Crippen LogP contribution in [0.5, 0.6) is 0 Å². The van der Waals surface area contributed by atoms with Crippen LogP contribution in [-0.4, -0.2) is 63.5 Å². The summed E-state index contributed by atoms with van der Waals surface area (Å²) in [4.78, 5) is 2.48. The lowest BCUT2D eigenvalue weighted by Crippen LogP contribution is -2.53. The van der Waals surface area contributed by atoms with Crippen molar-refractivity contribution in [1.29, 1.82) is 0 Å². The van der Waals surface area contributed by atoms with Crippen LogP contribution in [0, 0.1) is 0 Å². The smallest absolute Gasteiger partial charge is 0.0877 e. The summed E-state index contributed by atoms with van der Waals surface area (Å²) in [7, 11) is 1.99. The van der Waals surface area contributed by atoms with Crippen molar-refractivity contribution in [2.24, 2.45) is 0 Å². The van der Waals surface area contributed by atoms with Crippen molar-refractivity contribution in [1.82, 2.24) is 10.2 Å². The summed E-state index contributed by atoms with van der Waals surface area (Å²) in [5, 5.41) is 3.32. The molecule has 4 heteroatoms. The number of rotatable bonds is 8. The minimum Gasteiger partial charge on any atom is -0.380 e. The molecular formula is C13H28N2O2. The molecule has 2 unspecified atom stereocenters. The number of hydrogen-bond acceptors (Lipinski definition) is 4. The van der Waals surface area contributed by atoms with Gasteiger partial charge in [0, 0.05) is 19.7 Å². The molecule has 1 fully saturated rings. The summed E-state index contributed by atoms with van der Waals surface area (Å²) in [5.74, 6) is 0. The lowest BCUT2D eigenvalue weighted by molar-refractivity contribution is -0.0600. The van der Waals surface area contributed by atoms with Crippen LogP contribution in [0.3, 0.4) is 0 Å². The van der Waals surface area contributed by atoms with Crippen LogP contribution in [-0.2, 0) is 9.47 Å². The molecule has 0 aliphatic carbocycles. The Bertz CT molecular complexity index is 188. The predicted octanol–water partition coefficient (Wildman–Crippen LogP) is 1.11. The Kier molecular flexibility index (Phi) is 7.77. The fraction of sp³-hybridized carbons (Fsp3) is 1.00. The molecule has 4 nitrogen and oxygen atoms in total. The SMILES string of the molecule is CCCOCC(NC)C1CN(CCC)CCO1. The molecule has 0 radical (unpaired) electrons. The van der Waals surface area contributed by atoms with Gasteiger partial charge >= 0.3 is 0 Å². The van der Waals surface area contributed by atoms with Crippen molar-refractivity contribution in [2.45, 2.75) is 38.8 Å². The summed E-state index contributed by atoms with van der Waals surface area (Å²) in [5.41, 5.74) is 0. The first-order valence-corrected chi connectivity index (χ1v) is 6.90. The molecule has 0 saturated carbocycles. The zero-order valence-corrected chi connectivity index (χ0v) is 11.6. The molecule has 0 bridgehead atoms. The molecular weight excluding hydrogens is 216 g/mol. The maximum absolute atomic E-state index is 5.85. The van der Waals surface area contributed by atoms with Crippen molar-refractivity contribution >= 4 is 0 Å². The first kappa shape index (κ1) is 14.9. The topological polar surface area (TPSA) is 33.7 Å².